The van der Waals surface area contributed by atoms with Gasteiger partial charge in [0, 0.05) is 25.3 Å². The van der Waals surface area contributed by atoms with Crippen LogP contribution in [-0.2, 0) is 11.3 Å². The van der Waals surface area contributed by atoms with Crippen molar-refractivity contribution in [2.75, 3.05) is 18.5 Å². The molecule has 1 aromatic heterocycles. The van der Waals surface area contributed by atoms with E-state index in [-0.39, 0.29) is 5.91 Å². The number of fused-ring (bicyclic) bond motifs is 2. The first-order chi connectivity index (χ1) is 13.8. The Morgan fingerprint density at radius 2 is 1.82 bits per heavy atom. The number of imidazole rings is 1. The number of carbonyl (C=O) groups is 1. The number of rotatable bonds is 7. The normalized spacial score (nSPS) is 11.2. The quantitative estimate of drug-likeness (QED) is 0.470. The lowest BCUT2D eigenvalue weighted by Gasteiger charge is -2.10. The summed E-state index contributed by atoms with van der Waals surface area (Å²) >= 11 is 0. The van der Waals surface area contributed by atoms with Crippen LogP contribution in [0.3, 0.4) is 0 Å². The number of aromatic nitrogens is 2. The fraction of sp³-hybridized carbons (Fsp3) is 0.217. The summed E-state index contributed by atoms with van der Waals surface area (Å²) < 4.78 is 7.50. The summed E-state index contributed by atoms with van der Waals surface area (Å²) in [5.41, 5.74) is 2.49. The third-order valence-corrected chi connectivity index (χ3v) is 4.77. The Bertz CT molecular complexity index is 1120. The molecular weight excluding hydrogens is 350 g/mol. The molecule has 4 rings (SSSR count). The number of nitrogens with one attached hydrogen (secondary N) is 1. The molecule has 0 aliphatic carbocycles. The van der Waals surface area contributed by atoms with Gasteiger partial charge in [-0.15, -0.1) is 0 Å². The molecule has 1 N–H and O–H groups in total. The first kappa shape index (κ1) is 18.2. The van der Waals surface area contributed by atoms with Crippen LogP contribution in [0.15, 0.2) is 66.7 Å². The minimum absolute atomic E-state index is 0.160. The van der Waals surface area contributed by atoms with Gasteiger partial charge in [0.05, 0.1) is 11.0 Å². The molecule has 5 heteroatoms. The average molecular weight is 373 g/mol. The Hall–Kier alpha value is -3.18. The van der Waals surface area contributed by atoms with E-state index in [1.807, 2.05) is 78.2 Å². The van der Waals surface area contributed by atoms with E-state index in [0.717, 1.165) is 34.8 Å². The second-order valence-corrected chi connectivity index (χ2v) is 6.64. The Morgan fingerprint density at radius 3 is 2.68 bits per heavy atom. The maximum absolute atomic E-state index is 12.9. The molecule has 5 nitrogen and oxygen atoms in total. The molecule has 0 aliphatic heterocycles. The third-order valence-electron chi connectivity index (χ3n) is 4.77. The first-order valence-corrected chi connectivity index (χ1v) is 9.59. The molecule has 142 valence electrons. The monoisotopic (exact) mass is 373 g/mol. The maximum Gasteiger partial charge on any atom is 0.257 e. The van der Waals surface area contributed by atoms with Crippen molar-refractivity contribution < 1.29 is 9.53 Å². The van der Waals surface area contributed by atoms with E-state index < -0.39 is 0 Å². The highest BCUT2D eigenvalue weighted by Gasteiger charge is 2.14. The van der Waals surface area contributed by atoms with Gasteiger partial charge in [-0.3, -0.25) is 10.1 Å². The standard InChI is InChI=1S/C23H23N3O2/c1-2-28-15-7-14-26-21-11-6-5-10-20(21)24-23(26)25-22(27)19-13-12-17-8-3-4-9-18(17)16-19/h3-6,8-13,16H,2,7,14-15H2,1H3,(H,24,25,27). The van der Waals surface area contributed by atoms with E-state index in [2.05, 4.69) is 10.3 Å². The smallest absolute Gasteiger partial charge is 0.257 e. The Labute approximate surface area is 164 Å². The van der Waals surface area contributed by atoms with E-state index >= 15 is 0 Å². The van der Waals surface area contributed by atoms with Crippen LogP contribution in [0.5, 0.6) is 0 Å². The minimum atomic E-state index is -0.160. The van der Waals surface area contributed by atoms with Crippen molar-refractivity contribution in [3.8, 4) is 0 Å². The van der Waals surface area contributed by atoms with E-state index in [0.29, 0.717) is 24.7 Å². The van der Waals surface area contributed by atoms with Crippen LogP contribution in [0.25, 0.3) is 21.8 Å². The van der Waals surface area contributed by atoms with Crippen LogP contribution in [0.1, 0.15) is 23.7 Å². The summed E-state index contributed by atoms with van der Waals surface area (Å²) in [4.78, 5) is 17.5. The maximum atomic E-state index is 12.9. The highest BCUT2D eigenvalue weighted by Crippen LogP contribution is 2.22. The molecule has 0 atom stereocenters. The number of amides is 1. The summed E-state index contributed by atoms with van der Waals surface area (Å²) in [6.45, 7) is 4.10. The van der Waals surface area contributed by atoms with Gasteiger partial charge in [0.2, 0.25) is 5.95 Å². The van der Waals surface area contributed by atoms with Crippen molar-refractivity contribution in [2.45, 2.75) is 19.9 Å². The topological polar surface area (TPSA) is 56.1 Å². The van der Waals surface area contributed by atoms with Crippen LogP contribution >= 0.6 is 0 Å². The molecule has 1 heterocycles. The van der Waals surface area contributed by atoms with Gasteiger partial charge >= 0.3 is 0 Å². The summed E-state index contributed by atoms with van der Waals surface area (Å²) in [6.07, 6.45) is 0.854. The molecule has 0 spiro atoms. The number of hydrogen-bond donors (Lipinski definition) is 1. The highest BCUT2D eigenvalue weighted by atomic mass is 16.5. The summed E-state index contributed by atoms with van der Waals surface area (Å²) in [7, 11) is 0. The number of para-hydroxylation sites is 2. The third kappa shape index (κ3) is 3.75. The molecule has 0 radical (unpaired) electrons. The lowest BCUT2D eigenvalue weighted by molar-refractivity contribution is 0.102. The number of benzene rings is 3. The Morgan fingerprint density at radius 1 is 1.04 bits per heavy atom. The van der Waals surface area contributed by atoms with Crippen molar-refractivity contribution in [1.82, 2.24) is 9.55 Å². The molecule has 0 aliphatic rings. The number of hydrogen-bond acceptors (Lipinski definition) is 3. The van der Waals surface area contributed by atoms with Crippen LogP contribution in [0.4, 0.5) is 5.95 Å². The molecule has 0 fully saturated rings. The molecule has 0 bridgehead atoms. The SMILES string of the molecule is CCOCCCn1c(NC(=O)c2ccc3ccccc3c2)nc2ccccc21. The Balaban J connectivity index is 1.61. The predicted molar refractivity (Wildman–Crippen MR) is 113 cm³/mol. The fourth-order valence-corrected chi connectivity index (χ4v) is 3.37. The fourth-order valence-electron chi connectivity index (χ4n) is 3.37. The van der Waals surface area contributed by atoms with E-state index in [1.165, 1.54) is 0 Å². The second kappa shape index (κ2) is 8.23. The van der Waals surface area contributed by atoms with Crippen molar-refractivity contribution in [3.63, 3.8) is 0 Å². The van der Waals surface area contributed by atoms with Crippen molar-refractivity contribution >= 4 is 33.7 Å². The zero-order valence-electron chi connectivity index (χ0n) is 15.9. The zero-order chi connectivity index (χ0) is 19.3. The number of carbonyl (C=O) groups excluding carboxylic acids is 1. The van der Waals surface area contributed by atoms with E-state index in [9.17, 15) is 4.79 Å². The number of nitrogens with zero attached hydrogens (tertiary/aromatic N) is 2. The molecule has 4 aromatic rings. The minimum Gasteiger partial charge on any atom is -0.382 e. The largest absolute Gasteiger partial charge is 0.382 e. The van der Waals surface area contributed by atoms with Crippen molar-refractivity contribution in [2.24, 2.45) is 0 Å². The van der Waals surface area contributed by atoms with Crippen LogP contribution in [0.2, 0.25) is 0 Å². The molecule has 0 saturated carbocycles. The number of anilines is 1. The van der Waals surface area contributed by atoms with Crippen LogP contribution in [-0.4, -0.2) is 28.7 Å². The first-order valence-electron chi connectivity index (χ1n) is 9.59. The van der Waals surface area contributed by atoms with Gasteiger partial charge in [0.25, 0.3) is 5.91 Å². The van der Waals surface area contributed by atoms with E-state index in [1.54, 1.807) is 0 Å². The van der Waals surface area contributed by atoms with Crippen LogP contribution < -0.4 is 5.32 Å². The van der Waals surface area contributed by atoms with Gasteiger partial charge in [0.15, 0.2) is 0 Å². The zero-order valence-corrected chi connectivity index (χ0v) is 15.9. The van der Waals surface area contributed by atoms with Gasteiger partial charge in [-0.25, -0.2) is 4.98 Å². The van der Waals surface area contributed by atoms with Gasteiger partial charge < -0.3 is 9.30 Å². The number of ether oxygens (including phenoxy) is 1. The molecule has 28 heavy (non-hydrogen) atoms. The van der Waals surface area contributed by atoms with Gasteiger partial charge in [0.1, 0.15) is 0 Å². The molecule has 0 saturated heterocycles. The molecule has 0 unspecified atom stereocenters. The highest BCUT2D eigenvalue weighted by molar-refractivity contribution is 6.06. The van der Waals surface area contributed by atoms with Crippen molar-refractivity contribution in [3.05, 3.63) is 72.3 Å². The predicted octanol–water partition coefficient (Wildman–Crippen LogP) is 4.87. The summed E-state index contributed by atoms with van der Waals surface area (Å²) in [5, 5.41) is 5.15. The van der Waals surface area contributed by atoms with Gasteiger partial charge in [-0.1, -0.05) is 42.5 Å². The van der Waals surface area contributed by atoms with E-state index in [4.69, 9.17) is 4.74 Å². The summed E-state index contributed by atoms with van der Waals surface area (Å²) in [6, 6.07) is 21.7. The second-order valence-electron chi connectivity index (χ2n) is 6.64. The van der Waals surface area contributed by atoms with Crippen molar-refractivity contribution in [1.29, 1.82) is 0 Å². The molecule has 3 aromatic carbocycles. The average Bonchev–Trinajstić information content (AvgIpc) is 3.08. The molecular formula is C23H23N3O2. The number of aryl methyl sites for hydroxylation is 1. The molecule has 1 amide bonds. The lowest BCUT2D eigenvalue weighted by atomic mass is 10.1. The lowest BCUT2D eigenvalue weighted by Crippen LogP contribution is -2.16. The summed E-state index contributed by atoms with van der Waals surface area (Å²) in [5.74, 6) is 0.406. The van der Waals surface area contributed by atoms with Gasteiger partial charge in [-0.05, 0) is 48.4 Å². The van der Waals surface area contributed by atoms with Gasteiger partial charge in [-0.2, -0.15) is 0 Å². The Kier molecular flexibility index (Phi) is 5.35. The van der Waals surface area contributed by atoms with Crippen LogP contribution in [0, 0.1) is 0 Å².